The Morgan fingerprint density at radius 3 is 2.57 bits per heavy atom. The van der Waals surface area contributed by atoms with E-state index in [1.54, 1.807) is 36.4 Å². The molecule has 1 aliphatic rings. The topological polar surface area (TPSA) is 98.8 Å². The van der Waals surface area contributed by atoms with Gasteiger partial charge in [0.1, 0.15) is 0 Å². The van der Waals surface area contributed by atoms with Crippen molar-refractivity contribution in [3.63, 3.8) is 0 Å². The lowest BCUT2D eigenvalue weighted by Gasteiger charge is -2.22. The first-order valence-electron chi connectivity index (χ1n) is 11.2. The number of esters is 1. The standard InChI is InChI=1S/C26H27NO6S2/c1-17(28)34-23-14-22(27-15-23)16-33-26(21-9-5-8-20(12-21)25(29)32-2)35(30,31)24-11-10-18-6-3-4-7-19(18)13-24/h3-13,22-23,26-27H,14-16H2,1-2H3/t22-,23-,26?/m0/s1. The Balaban J connectivity index is 1.65. The highest BCUT2D eigenvalue weighted by Gasteiger charge is 2.33. The van der Waals surface area contributed by atoms with Crippen LogP contribution in [0.5, 0.6) is 0 Å². The second kappa shape index (κ2) is 10.9. The number of sulfone groups is 1. The molecule has 0 bridgehead atoms. The van der Waals surface area contributed by atoms with Crippen LogP contribution in [-0.2, 0) is 24.1 Å². The number of hydrogen-bond donors (Lipinski definition) is 1. The highest BCUT2D eigenvalue weighted by Crippen LogP contribution is 2.33. The molecule has 1 heterocycles. The molecule has 184 valence electrons. The summed E-state index contributed by atoms with van der Waals surface area (Å²) < 4.78 is 38.5. The molecule has 0 spiro atoms. The molecule has 1 fully saturated rings. The van der Waals surface area contributed by atoms with Gasteiger partial charge in [-0.15, -0.1) is 0 Å². The van der Waals surface area contributed by atoms with E-state index in [0.29, 0.717) is 18.5 Å². The van der Waals surface area contributed by atoms with Crippen molar-refractivity contribution in [3.05, 3.63) is 77.9 Å². The molecule has 0 saturated carbocycles. The SMILES string of the molecule is COC(=O)c1cccc(C(OC[C@@H]2C[C@H](SC(C)=O)CN2)S(=O)(=O)c2ccc3ccccc3c2)c1. The van der Waals surface area contributed by atoms with Crippen molar-refractivity contribution in [3.8, 4) is 0 Å². The number of ether oxygens (including phenoxy) is 2. The maximum absolute atomic E-state index is 13.8. The van der Waals surface area contributed by atoms with Crippen LogP contribution in [0.15, 0.2) is 71.6 Å². The van der Waals surface area contributed by atoms with Gasteiger partial charge in [0.15, 0.2) is 10.6 Å². The van der Waals surface area contributed by atoms with Crippen molar-refractivity contribution >= 4 is 43.5 Å². The van der Waals surface area contributed by atoms with Crippen LogP contribution in [0.25, 0.3) is 10.8 Å². The number of benzene rings is 3. The van der Waals surface area contributed by atoms with E-state index >= 15 is 0 Å². The maximum Gasteiger partial charge on any atom is 0.337 e. The summed E-state index contributed by atoms with van der Waals surface area (Å²) in [4.78, 5) is 23.7. The minimum absolute atomic E-state index is 0.0507. The number of fused-ring (bicyclic) bond motifs is 1. The van der Waals surface area contributed by atoms with Crippen molar-refractivity contribution in [1.29, 1.82) is 0 Å². The van der Waals surface area contributed by atoms with Gasteiger partial charge in [-0.3, -0.25) is 4.79 Å². The van der Waals surface area contributed by atoms with Gasteiger partial charge in [-0.1, -0.05) is 54.2 Å². The molecule has 0 amide bonds. The fourth-order valence-corrected chi connectivity index (χ4v) is 6.74. The van der Waals surface area contributed by atoms with Crippen LogP contribution >= 0.6 is 11.8 Å². The Bertz CT molecular complexity index is 1340. The molecule has 1 aliphatic heterocycles. The lowest BCUT2D eigenvalue weighted by Crippen LogP contribution is -2.29. The van der Waals surface area contributed by atoms with Crippen LogP contribution in [0.1, 0.15) is 34.7 Å². The predicted octanol–water partition coefficient (Wildman–Crippen LogP) is 4.13. The Labute approximate surface area is 209 Å². The molecule has 35 heavy (non-hydrogen) atoms. The number of nitrogens with one attached hydrogen (secondary N) is 1. The maximum atomic E-state index is 13.8. The lowest BCUT2D eigenvalue weighted by molar-refractivity contribution is -0.109. The fraction of sp³-hybridized carbons (Fsp3) is 0.308. The summed E-state index contributed by atoms with van der Waals surface area (Å²) in [5.74, 6) is -0.560. The molecule has 3 aromatic carbocycles. The van der Waals surface area contributed by atoms with E-state index in [1.807, 2.05) is 24.3 Å². The van der Waals surface area contributed by atoms with Gasteiger partial charge in [0.25, 0.3) is 0 Å². The summed E-state index contributed by atoms with van der Waals surface area (Å²) >= 11 is 1.28. The van der Waals surface area contributed by atoms with Crippen LogP contribution in [0.2, 0.25) is 0 Å². The van der Waals surface area contributed by atoms with Crippen LogP contribution in [0.4, 0.5) is 0 Å². The summed E-state index contributed by atoms with van der Waals surface area (Å²) in [6, 6.07) is 18.7. The molecular formula is C26H27NO6S2. The lowest BCUT2D eigenvalue weighted by atomic mass is 10.1. The summed E-state index contributed by atoms with van der Waals surface area (Å²) in [7, 11) is -2.71. The van der Waals surface area contributed by atoms with Crippen molar-refractivity contribution in [1.82, 2.24) is 5.32 Å². The molecular weight excluding hydrogens is 486 g/mol. The Morgan fingerprint density at radius 1 is 1.06 bits per heavy atom. The van der Waals surface area contributed by atoms with Crippen LogP contribution < -0.4 is 5.32 Å². The van der Waals surface area contributed by atoms with Gasteiger partial charge in [-0.2, -0.15) is 0 Å². The Morgan fingerprint density at radius 2 is 1.83 bits per heavy atom. The molecule has 4 rings (SSSR count). The quantitative estimate of drug-likeness (QED) is 0.449. The average Bonchev–Trinajstić information content (AvgIpc) is 3.29. The first-order chi connectivity index (χ1) is 16.8. The molecule has 1 saturated heterocycles. The monoisotopic (exact) mass is 513 g/mol. The number of carbonyl (C=O) groups excluding carboxylic acids is 2. The van der Waals surface area contributed by atoms with Crippen molar-refractivity contribution in [2.24, 2.45) is 0 Å². The third-order valence-corrected chi connectivity index (χ3v) is 8.78. The molecule has 9 heteroatoms. The van der Waals surface area contributed by atoms with Crippen LogP contribution in [0.3, 0.4) is 0 Å². The smallest absolute Gasteiger partial charge is 0.337 e. The summed E-state index contributed by atoms with van der Waals surface area (Å²) in [6.07, 6.45) is 0.690. The first-order valence-corrected chi connectivity index (χ1v) is 13.6. The molecule has 0 aliphatic carbocycles. The molecule has 7 nitrogen and oxygen atoms in total. The van der Waals surface area contributed by atoms with E-state index < -0.39 is 21.2 Å². The molecule has 3 atom stereocenters. The van der Waals surface area contributed by atoms with Crippen LogP contribution in [0, 0.1) is 0 Å². The zero-order valence-corrected chi connectivity index (χ0v) is 21.1. The Kier molecular flexibility index (Phi) is 7.91. The van der Waals surface area contributed by atoms with Gasteiger partial charge in [0, 0.05) is 24.8 Å². The number of methoxy groups -OCH3 is 1. The zero-order chi connectivity index (χ0) is 25.0. The molecule has 1 unspecified atom stereocenters. The molecule has 3 aromatic rings. The van der Waals surface area contributed by atoms with E-state index in [9.17, 15) is 18.0 Å². The van der Waals surface area contributed by atoms with E-state index in [4.69, 9.17) is 9.47 Å². The second-order valence-corrected chi connectivity index (χ2v) is 11.9. The molecule has 0 aromatic heterocycles. The van der Waals surface area contributed by atoms with Gasteiger partial charge in [0.2, 0.25) is 9.84 Å². The van der Waals surface area contributed by atoms with Crippen molar-refractivity contribution < 1.29 is 27.5 Å². The van der Waals surface area contributed by atoms with Gasteiger partial charge in [-0.25, -0.2) is 13.2 Å². The first kappa shape index (κ1) is 25.4. The second-order valence-electron chi connectivity index (χ2n) is 8.41. The number of thioether (sulfide) groups is 1. The normalized spacial score (nSPS) is 18.9. The summed E-state index contributed by atoms with van der Waals surface area (Å²) in [6.45, 7) is 2.32. The van der Waals surface area contributed by atoms with Gasteiger partial charge in [0.05, 0.1) is 24.2 Å². The summed E-state index contributed by atoms with van der Waals surface area (Å²) in [5, 5.41) is 5.22. The third-order valence-electron chi connectivity index (χ3n) is 5.87. The number of rotatable bonds is 8. The van der Waals surface area contributed by atoms with Crippen molar-refractivity contribution in [2.75, 3.05) is 20.3 Å². The molecule has 1 N–H and O–H groups in total. The average molecular weight is 514 g/mol. The fourth-order valence-electron chi connectivity index (χ4n) is 4.20. The van der Waals surface area contributed by atoms with Crippen LogP contribution in [-0.4, -0.2) is 51.1 Å². The van der Waals surface area contributed by atoms with Gasteiger partial charge < -0.3 is 14.8 Å². The summed E-state index contributed by atoms with van der Waals surface area (Å²) in [5.41, 5.74) is -0.743. The Hall–Kier alpha value is -2.72. The highest BCUT2D eigenvalue weighted by atomic mass is 32.2. The van der Waals surface area contributed by atoms with Crippen molar-refractivity contribution in [2.45, 2.75) is 35.0 Å². The third kappa shape index (κ3) is 5.92. The predicted molar refractivity (Wildman–Crippen MR) is 136 cm³/mol. The largest absolute Gasteiger partial charge is 0.465 e. The van der Waals surface area contributed by atoms with E-state index in [1.165, 1.54) is 31.9 Å². The van der Waals surface area contributed by atoms with Gasteiger partial charge >= 0.3 is 5.97 Å². The van der Waals surface area contributed by atoms with E-state index in [2.05, 4.69) is 5.32 Å². The van der Waals surface area contributed by atoms with E-state index in [-0.39, 0.29) is 33.5 Å². The van der Waals surface area contributed by atoms with E-state index in [0.717, 1.165) is 10.8 Å². The minimum Gasteiger partial charge on any atom is -0.465 e. The number of hydrogen-bond acceptors (Lipinski definition) is 8. The number of carbonyl (C=O) groups is 2. The molecule has 0 radical (unpaired) electrons. The van der Waals surface area contributed by atoms with Gasteiger partial charge in [-0.05, 0) is 47.0 Å². The zero-order valence-electron chi connectivity index (χ0n) is 19.5. The highest BCUT2D eigenvalue weighted by molar-refractivity contribution is 8.14. The minimum atomic E-state index is -3.98.